The minimum atomic E-state index is -1.10. The van der Waals surface area contributed by atoms with Crippen molar-refractivity contribution in [2.45, 2.75) is 52.7 Å². The highest BCUT2D eigenvalue weighted by atomic mass is 16.7. The summed E-state index contributed by atoms with van der Waals surface area (Å²) in [5.74, 6) is -0.692. The van der Waals surface area contributed by atoms with E-state index in [1.54, 1.807) is 20.8 Å². The van der Waals surface area contributed by atoms with Gasteiger partial charge in [0.25, 0.3) is 5.91 Å². The lowest BCUT2D eigenvalue weighted by Gasteiger charge is -2.35. The predicted molar refractivity (Wildman–Crippen MR) is 73.0 cm³/mol. The number of hydrogen-bond acceptors (Lipinski definition) is 4. The van der Waals surface area contributed by atoms with Crippen LogP contribution in [0.2, 0.25) is 0 Å². The Morgan fingerprint density at radius 1 is 1.55 bits per heavy atom. The Labute approximate surface area is 118 Å². The Hall–Kier alpha value is -1.85. The number of amides is 1. The van der Waals surface area contributed by atoms with Gasteiger partial charge in [0.2, 0.25) is 0 Å². The minimum absolute atomic E-state index is 0.234. The highest BCUT2D eigenvalue weighted by Gasteiger charge is 2.49. The Balaban J connectivity index is 2.37. The second-order valence-corrected chi connectivity index (χ2v) is 6.56. The molecular weight excluding hydrogens is 260 g/mol. The van der Waals surface area contributed by atoms with Crippen LogP contribution in [0.25, 0.3) is 0 Å². The van der Waals surface area contributed by atoms with Crippen molar-refractivity contribution in [1.82, 2.24) is 4.90 Å². The number of carboxylic acid groups (broad SMARTS) is 1. The fraction of sp³-hybridized carbons (Fsp3) is 0.643. The minimum Gasteiger partial charge on any atom is -0.481 e. The molecule has 1 unspecified atom stereocenters. The summed E-state index contributed by atoms with van der Waals surface area (Å²) in [7, 11) is 0. The van der Waals surface area contributed by atoms with Gasteiger partial charge in [-0.05, 0) is 40.2 Å². The molecule has 1 amide bonds. The molecule has 0 aromatic heterocycles. The van der Waals surface area contributed by atoms with Crippen molar-refractivity contribution in [3.05, 3.63) is 11.6 Å². The zero-order chi connectivity index (χ0) is 15.3. The summed E-state index contributed by atoms with van der Waals surface area (Å²) in [6, 6.07) is -0.538. The van der Waals surface area contributed by atoms with E-state index in [1.807, 2.05) is 13.8 Å². The van der Waals surface area contributed by atoms with E-state index in [0.29, 0.717) is 12.3 Å². The molecule has 0 saturated carbocycles. The van der Waals surface area contributed by atoms with Gasteiger partial charge in [-0.2, -0.15) is 0 Å². The maximum absolute atomic E-state index is 12.2. The molecule has 0 fully saturated rings. The van der Waals surface area contributed by atoms with Gasteiger partial charge in [0.05, 0.1) is 17.9 Å². The molecule has 0 aliphatic carbocycles. The Morgan fingerprint density at radius 2 is 2.15 bits per heavy atom. The first-order valence-corrected chi connectivity index (χ1v) is 6.56. The highest BCUT2D eigenvalue weighted by Crippen LogP contribution is 2.37. The molecule has 0 aromatic carbocycles. The lowest BCUT2D eigenvalue weighted by atomic mass is 9.80. The fourth-order valence-corrected chi connectivity index (χ4v) is 2.71. The lowest BCUT2D eigenvalue weighted by Crippen LogP contribution is -2.51. The molecule has 6 nitrogen and oxygen atoms in total. The standard InChI is InChI=1S/C14H20N2O4/c1-8-6-10(17)16(9-7-13(2,3)20-15-9)11(8)14(4,5)12(18)19/h6,11H,7H2,1-5H3,(H,18,19). The van der Waals surface area contributed by atoms with E-state index in [-0.39, 0.29) is 5.91 Å². The molecule has 0 aromatic rings. The summed E-state index contributed by atoms with van der Waals surface area (Å²) in [4.78, 5) is 30.4. The number of carbonyl (C=O) groups excluding carboxylic acids is 1. The van der Waals surface area contributed by atoms with Crippen molar-refractivity contribution in [3.63, 3.8) is 0 Å². The summed E-state index contributed by atoms with van der Waals surface area (Å²) in [6.45, 7) is 8.76. The number of rotatable bonds is 2. The SMILES string of the molecule is CC1=CC(=O)N(C2=NOC(C)(C)C2)C1C(C)(C)C(=O)O. The predicted octanol–water partition coefficient (Wildman–Crippen LogP) is 1.77. The van der Waals surface area contributed by atoms with Crippen LogP contribution in [0, 0.1) is 5.41 Å². The van der Waals surface area contributed by atoms with E-state index >= 15 is 0 Å². The van der Waals surface area contributed by atoms with Crippen LogP contribution in [0.15, 0.2) is 16.8 Å². The molecule has 0 bridgehead atoms. The van der Waals surface area contributed by atoms with Gasteiger partial charge in [-0.1, -0.05) is 5.16 Å². The van der Waals surface area contributed by atoms with Gasteiger partial charge >= 0.3 is 5.97 Å². The first-order valence-electron chi connectivity index (χ1n) is 6.56. The van der Waals surface area contributed by atoms with Crippen molar-refractivity contribution in [3.8, 4) is 0 Å². The Morgan fingerprint density at radius 3 is 2.60 bits per heavy atom. The number of carbonyl (C=O) groups is 2. The summed E-state index contributed by atoms with van der Waals surface area (Å²) in [5.41, 5.74) is -0.832. The Kier molecular flexibility index (Phi) is 3.15. The van der Waals surface area contributed by atoms with Crippen LogP contribution in [0.4, 0.5) is 0 Å². The van der Waals surface area contributed by atoms with Gasteiger partial charge in [0.15, 0.2) is 5.84 Å². The molecule has 0 radical (unpaired) electrons. The molecule has 110 valence electrons. The number of carboxylic acids is 1. The smallest absolute Gasteiger partial charge is 0.311 e. The average Bonchev–Trinajstić information content (AvgIpc) is 2.78. The zero-order valence-corrected chi connectivity index (χ0v) is 12.4. The quantitative estimate of drug-likeness (QED) is 0.836. The molecule has 2 rings (SSSR count). The maximum atomic E-state index is 12.2. The lowest BCUT2D eigenvalue weighted by molar-refractivity contribution is -0.149. The number of hydrogen-bond donors (Lipinski definition) is 1. The van der Waals surface area contributed by atoms with Crippen LogP contribution < -0.4 is 0 Å². The average molecular weight is 280 g/mol. The van der Waals surface area contributed by atoms with Gasteiger partial charge in [-0.15, -0.1) is 0 Å². The van der Waals surface area contributed by atoms with Gasteiger partial charge in [0.1, 0.15) is 5.60 Å². The van der Waals surface area contributed by atoms with Crippen LogP contribution in [0.5, 0.6) is 0 Å². The van der Waals surface area contributed by atoms with Gasteiger partial charge in [0, 0.05) is 6.08 Å². The highest BCUT2D eigenvalue weighted by molar-refractivity contribution is 6.07. The fourth-order valence-electron chi connectivity index (χ4n) is 2.71. The van der Waals surface area contributed by atoms with Crippen molar-refractivity contribution >= 4 is 17.7 Å². The van der Waals surface area contributed by atoms with E-state index in [9.17, 15) is 14.7 Å². The van der Waals surface area contributed by atoms with E-state index in [4.69, 9.17) is 4.84 Å². The molecule has 6 heteroatoms. The molecular formula is C14H20N2O4. The van der Waals surface area contributed by atoms with Crippen LogP contribution in [-0.4, -0.2) is 39.4 Å². The van der Waals surface area contributed by atoms with Crippen molar-refractivity contribution in [2.24, 2.45) is 10.6 Å². The molecule has 0 saturated heterocycles. The monoisotopic (exact) mass is 280 g/mol. The van der Waals surface area contributed by atoms with Crippen molar-refractivity contribution in [1.29, 1.82) is 0 Å². The third-order valence-corrected chi connectivity index (χ3v) is 3.77. The zero-order valence-electron chi connectivity index (χ0n) is 12.4. The van der Waals surface area contributed by atoms with Crippen molar-refractivity contribution in [2.75, 3.05) is 0 Å². The van der Waals surface area contributed by atoms with E-state index in [0.717, 1.165) is 5.57 Å². The maximum Gasteiger partial charge on any atom is 0.311 e. The van der Waals surface area contributed by atoms with Gasteiger partial charge < -0.3 is 9.94 Å². The van der Waals surface area contributed by atoms with E-state index < -0.39 is 23.0 Å². The van der Waals surface area contributed by atoms with Crippen LogP contribution in [0.3, 0.4) is 0 Å². The largest absolute Gasteiger partial charge is 0.481 e. The van der Waals surface area contributed by atoms with Crippen LogP contribution in [-0.2, 0) is 14.4 Å². The normalized spacial score (nSPS) is 25.4. The van der Waals surface area contributed by atoms with Gasteiger partial charge in [-0.25, -0.2) is 0 Å². The third-order valence-electron chi connectivity index (χ3n) is 3.77. The molecule has 2 aliphatic heterocycles. The number of aliphatic carboxylic acids is 1. The topological polar surface area (TPSA) is 79.2 Å². The molecule has 20 heavy (non-hydrogen) atoms. The molecule has 2 heterocycles. The summed E-state index contributed by atoms with van der Waals surface area (Å²) >= 11 is 0. The first kappa shape index (κ1) is 14.6. The van der Waals surface area contributed by atoms with Crippen molar-refractivity contribution < 1.29 is 19.5 Å². The molecule has 1 N–H and O–H groups in total. The molecule has 1 atom stereocenters. The molecule has 2 aliphatic rings. The third kappa shape index (κ3) is 2.19. The van der Waals surface area contributed by atoms with E-state index in [2.05, 4.69) is 5.16 Å². The van der Waals surface area contributed by atoms with Crippen LogP contribution in [0.1, 0.15) is 41.0 Å². The number of amidine groups is 1. The summed E-state index contributed by atoms with van der Waals surface area (Å²) < 4.78 is 0. The van der Waals surface area contributed by atoms with Gasteiger partial charge in [-0.3, -0.25) is 14.5 Å². The number of nitrogens with zero attached hydrogens (tertiary/aromatic N) is 2. The Bertz CT molecular complexity index is 531. The number of oxime groups is 1. The molecule has 0 spiro atoms. The first-order chi connectivity index (χ1) is 9.06. The summed E-state index contributed by atoms with van der Waals surface area (Å²) in [6.07, 6.45) is 1.95. The van der Waals surface area contributed by atoms with Crippen LogP contribution >= 0.6 is 0 Å². The second-order valence-electron chi connectivity index (χ2n) is 6.56. The van der Waals surface area contributed by atoms with E-state index in [1.165, 1.54) is 11.0 Å². The summed E-state index contributed by atoms with van der Waals surface area (Å²) in [5, 5.41) is 13.4. The second kappa shape index (κ2) is 4.33.